The summed E-state index contributed by atoms with van der Waals surface area (Å²) < 4.78 is 5.66. The molecule has 2 N–H and O–H groups in total. The van der Waals surface area contributed by atoms with Gasteiger partial charge in [-0.05, 0) is 36.8 Å². The average Bonchev–Trinajstić information content (AvgIpc) is 2.36. The largest absolute Gasteiger partial charge is 0.454 e. The SMILES string of the molecule is Cc1ccc(Cl)c(Oc2cc(C#N)ccc2N)c1. The molecule has 90 valence electrons. The zero-order valence-corrected chi connectivity index (χ0v) is 10.5. The summed E-state index contributed by atoms with van der Waals surface area (Å²) in [7, 11) is 0. The Morgan fingerprint density at radius 2 is 1.94 bits per heavy atom. The van der Waals surface area contributed by atoms with E-state index in [1.54, 1.807) is 24.3 Å². The van der Waals surface area contributed by atoms with E-state index in [4.69, 9.17) is 27.3 Å². The first-order valence-corrected chi connectivity index (χ1v) is 5.71. The van der Waals surface area contributed by atoms with Gasteiger partial charge in [-0.15, -0.1) is 0 Å². The molecule has 0 fully saturated rings. The van der Waals surface area contributed by atoms with E-state index < -0.39 is 0 Å². The number of nitrogen functional groups attached to an aromatic ring is 1. The minimum atomic E-state index is 0.432. The number of nitrogens with two attached hydrogens (primary N) is 1. The highest BCUT2D eigenvalue weighted by Crippen LogP contribution is 2.33. The van der Waals surface area contributed by atoms with Crippen molar-refractivity contribution >= 4 is 17.3 Å². The molecule has 2 rings (SSSR count). The molecule has 0 spiro atoms. The summed E-state index contributed by atoms with van der Waals surface area (Å²) in [5.41, 5.74) is 7.79. The third-order valence-corrected chi connectivity index (χ3v) is 2.76. The minimum Gasteiger partial charge on any atom is -0.454 e. The molecular weight excluding hydrogens is 248 g/mol. The van der Waals surface area contributed by atoms with E-state index in [2.05, 4.69) is 0 Å². The highest BCUT2D eigenvalue weighted by atomic mass is 35.5. The van der Waals surface area contributed by atoms with Crippen LogP contribution in [0, 0.1) is 18.3 Å². The van der Waals surface area contributed by atoms with E-state index in [0.717, 1.165) is 5.56 Å². The van der Waals surface area contributed by atoms with Gasteiger partial charge in [-0.25, -0.2) is 0 Å². The maximum absolute atomic E-state index is 8.85. The van der Waals surface area contributed by atoms with Gasteiger partial charge in [0.1, 0.15) is 5.75 Å². The molecule has 0 atom stereocenters. The first-order chi connectivity index (χ1) is 8.60. The van der Waals surface area contributed by atoms with Gasteiger partial charge in [-0.3, -0.25) is 0 Å². The van der Waals surface area contributed by atoms with Gasteiger partial charge in [-0.1, -0.05) is 17.7 Å². The molecule has 0 aliphatic carbocycles. The minimum absolute atomic E-state index is 0.432. The highest BCUT2D eigenvalue weighted by Gasteiger charge is 2.07. The Kier molecular flexibility index (Phi) is 3.40. The molecule has 0 radical (unpaired) electrons. The Labute approximate surface area is 110 Å². The van der Waals surface area contributed by atoms with Crippen LogP contribution in [0.15, 0.2) is 36.4 Å². The van der Waals surface area contributed by atoms with Gasteiger partial charge in [0.15, 0.2) is 5.75 Å². The first kappa shape index (κ1) is 12.3. The molecule has 0 unspecified atom stereocenters. The van der Waals surface area contributed by atoms with Gasteiger partial charge in [-0.2, -0.15) is 5.26 Å². The van der Waals surface area contributed by atoms with Gasteiger partial charge in [0.2, 0.25) is 0 Å². The van der Waals surface area contributed by atoms with Crippen LogP contribution in [0.25, 0.3) is 0 Å². The van der Waals surface area contributed by atoms with Crippen LogP contribution in [-0.2, 0) is 0 Å². The molecule has 3 nitrogen and oxygen atoms in total. The Morgan fingerprint density at radius 1 is 1.17 bits per heavy atom. The lowest BCUT2D eigenvalue weighted by Gasteiger charge is -2.10. The van der Waals surface area contributed by atoms with Gasteiger partial charge >= 0.3 is 0 Å². The number of benzene rings is 2. The van der Waals surface area contributed by atoms with Crippen LogP contribution < -0.4 is 10.5 Å². The predicted molar refractivity (Wildman–Crippen MR) is 71.8 cm³/mol. The van der Waals surface area contributed by atoms with Crippen molar-refractivity contribution in [1.82, 2.24) is 0 Å². The van der Waals surface area contributed by atoms with Crippen LogP contribution in [0.3, 0.4) is 0 Å². The fourth-order valence-electron chi connectivity index (χ4n) is 1.50. The third-order valence-electron chi connectivity index (χ3n) is 2.45. The molecule has 2 aromatic carbocycles. The number of hydrogen-bond acceptors (Lipinski definition) is 3. The third kappa shape index (κ3) is 2.55. The topological polar surface area (TPSA) is 59.0 Å². The maximum atomic E-state index is 8.85. The van der Waals surface area contributed by atoms with Gasteiger partial charge in [0.05, 0.1) is 22.3 Å². The molecule has 0 aromatic heterocycles. The molecule has 2 aromatic rings. The molecule has 0 aliphatic rings. The van der Waals surface area contributed by atoms with Crippen molar-refractivity contribution in [1.29, 1.82) is 5.26 Å². The monoisotopic (exact) mass is 258 g/mol. The summed E-state index contributed by atoms with van der Waals surface area (Å²) in [5.74, 6) is 0.958. The first-order valence-electron chi connectivity index (χ1n) is 5.34. The summed E-state index contributed by atoms with van der Waals surface area (Å²) in [4.78, 5) is 0. The van der Waals surface area contributed by atoms with Crippen molar-refractivity contribution < 1.29 is 4.74 Å². The second kappa shape index (κ2) is 4.99. The molecule has 18 heavy (non-hydrogen) atoms. The summed E-state index contributed by atoms with van der Waals surface area (Å²) in [6.45, 7) is 1.94. The molecule has 0 saturated carbocycles. The molecule has 0 bridgehead atoms. The zero-order valence-electron chi connectivity index (χ0n) is 9.77. The van der Waals surface area contributed by atoms with E-state index in [-0.39, 0.29) is 0 Å². The van der Waals surface area contributed by atoms with Gasteiger partial charge in [0, 0.05) is 6.07 Å². The number of aryl methyl sites for hydroxylation is 1. The smallest absolute Gasteiger partial charge is 0.151 e. The van der Waals surface area contributed by atoms with Crippen molar-refractivity contribution in [3.8, 4) is 17.6 Å². The van der Waals surface area contributed by atoms with Crippen LogP contribution in [0.4, 0.5) is 5.69 Å². The Bertz CT molecular complexity index is 632. The second-order valence-electron chi connectivity index (χ2n) is 3.90. The Morgan fingerprint density at radius 3 is 2.67 bits per heavy atom. The van der Waals surface area contributed by atoms with Crippen LogP contribution in [-0.4, -0.2) is 0 Å². The van der Waals surface area contributed by atoms with E-state index in [1.807, 2.05) is 25.1 Å². The normalized spacial score (nSPS) is 9.83. The number of hydrogen-bond donors (Lipinski definition) is 1. The summed E-state index contributed by atoms with van der Waals surface area (Å²) in [6, 6.07) is 12.4. The van der Waals surface area contributed by atoms with E-state index in [0.29, 0.717) is 27.8 Å². The predicted octanol–water partition coefficient (Wildman–Crippen LogP) is 3.89. The fraction of sp³-hybridized carbons (Fsp3) is 0.0714. The van der Waals surface area contributed by atoms with Crippen molar-refractivity contribution in [2.24, 2.45) is 0 Å². The molecular formula is C14H11ClN2O. The molecule has 0 heterocycles. The van der Waals surface area contributed by atoms with Crippen LogP contribution in [0.1, 0.15) is 11.1 Å². The fourth-order valence-corrected chi connectivity index (χ4v) is 1.66. The number of nitriles is 1. The van der Waals surface area contributed by atoms with E-state index in [1.165, 1.54) is 0 Å². The standard InChI is InChI=1S/C14H11ClN2O/c1-9-2-4-11(15)13(6-9)18-14-7-10(8-16)3-5-12(14)17/h2-7H,17H2,1H3. The lowest BCUT2D eigenvalue weighted by molar-refractivity contribution is 0.485. The lowest BCUT2D eigenvalue weighted by Crippen LogP contribution is -1.93. The number of halogens is 1. The van der Waals surface area contributed by atoms with Crippen LogP contribution >= 0.6 is 11.6 Å². The molecule has 0 saturated heterocycles. The summed E-state index contributed by atoms with van der Waals surface area (Å²) in [6.07, 6.45) is 0. The van der Waals surface area contributed by atoms with Gasteiger partial charge < -0.3 is 10.5 Å². The average molecular weight is 259 g/mol. The molecule has 4 heteroatoms. The summed E-state index contributed by atoms with van der Waals surface area (Å²) in [5, 5.41) is 9.35. The summed E-state index contributed by atoms with van der Waals surface area (Å²) >= 11 is 6.04. The van der Waals surface area contributed by atoms with Gasteiger partial charge in [0.25, 0.3) is 0 Å². The van der Waals surface area contributed by atoms with Crippen molar-refractivity contribution in [3.05, 3.63) is 52.5 Å². The Hall–Kier alpha value is -2.18. The van der Waals surface area contributed by atoms with Crippen LogP contribution in [0.5, 0.6) is 11.5 Å². The van der Waals surface area contributed by atoms with Crippen molar-refractivity contribution in [3.63, 3.8) is 0 Å². The van der Waals surface area contributed by atoms with Crippen LogP contribution in [0.2, 0.25) is 5.02 Å². The molecule has 0 aliphatic heterocycles. The van der Waals surface area contributed by atoms with Crippen molar-refractivity contribution in [2.45, 2.75) is 6.92 Å². The highest BCUT2D eigenvalue weighted by molar-refractivity contribution is 6.32. The quantitative estimate of drug-likeness (QED) is 0.831. The number of nitrogens with zero attached hydrogens (tertiary/aromatic N) is 1. The Balaban J connectivity index is 2.39. The number of anilines is 1. The lowest BCUT2D eigenvalue weighted by atomic mass is 10.2. The van der Waals surface area contributed by atoms with E-state index >= 15 is 0 Å². The van der Waals surface area contributed by atoms with E-state index in [9.17, 15) is 0 Å². The molecule has 0 amide bonds. The zero-order chi connectivity index (χ0) is 13.1. The number of ether oxygens (including phenoxy) is 1. The second-order valence-corrected chi connectivity index (χ2v) is 4.31. The van der Waals surface area contributed by atoms with Crippen molar-refractivity contribution in [2.75, 3.05) is 5.73 Å². The number of rotatable bonds is 2. The maximum Gasteiger partial charge on any atom is 0.151 e.